The molecule has 0 spiro atoms. The number of hydrogen-bond donors (Lipinski definition) is 1. The molecule has 0 unspecified atom stereocenters. The Labute approximate surface area is 96.1 Å². The summed E-state index contributed by atoms with van der Waals surface area (Å²) < 4.78 is 0. The summed E-state index contributed by atoms with van der Waals surface area (Å²) in [6.07, 6.45) is 0. The zero-order valence-electron chi connectivity index (χ0n) is 9.99. The van der Waals surface area contributed by atoms with Crippen LogP contribution in [0.1, 0.15) is 19.7 Å². The van der Waals surface area contributed by atoms with Crippen LogP contribution in [0.2, 0.25) is 0 Å². The Kier molecular flexibility index (Phi) is 4.52. The molecular weight excluding hydrogens is 202 g/mol. The molecule has 0 saturated carbocycles. The number of nitriles is 1. The van der Waals surface area contributed by atoms with Gasteiger partial charge in [0.25, 0.3) is 0 Å². The average Bonchev–Trinajstić information content (AvgIpc) is 2.27. The highest BCUT2D eigenvalue weighted by Crippen LogP contribution is 2.15. The predicted molar refractivity (Wildman–Crippen MR) is 64.4 cm³/mol. The van der Waals surface area contributed by atoms with Crippen LogP contribution >= 0.6 is 0 Å². The van der Waals surface area contributed by atoms with Gasteiger partial charge in [0.2, 0.25) is 0 Å². The summed E-state index contributed by atoms with van der Waals surface area (Å²) in [6, 6.07) is 3.90. The fraction of sp³-hybridized carbons (Fsp3) is 0.545. The summed E-state index contributed by atoms with van der Waals surface area (Å²) in [6.45, 7) is 8.10. The molecule has 5 heteroatoms. The number of aryl methyl sites for hydroxylation is 1. The molecule has 1 aromatic rings. The molecule has 5 nitrogen and oxygen atoms in total. The lowest BCUT2D eigenvalue weighted by Gasteiger charge is -2.20. The van der Waals surface area contributed by atoms with E-state index in [2.05, 4.69) is 34.0 Å². The van der Waals surface area contributed by atoms with Gasteiger partial charge in [-0.05, 0) is 20.8 Å². The lowest BCUT2D eigenvalue weighted by atomic mass is 10.4. The van der Waals surface area contributed by atoms with Crippen molar-refractivity contribution < 1.29 is 0 Å². The van der Waals surface area contributed by atoms with Gasteiger partial charge in [0.05, 0.1) is 6.07 Å². The van der Waals surface area contributed by atoms with Crippen molar-refractivity contribution in [1.29, 1.82) is 5.26 Å². The Morgan fingerprint density at radius 1 is 1.38 bits per heavy atom. The Hall–Kier alpha value is -1.83. The lowest BCUT2D eigenvalue weighted by molar-refractivity contribution is 0.834. The van der Waals surface area contributed by atoms with Gasteiger partial charge in [0, 0.05) is 19.2 Å². The van der Waals surface area contributed by atoms with E-state index in [0.717, 1.165) is 18.9 Å². The van der Waals surface area contributed by atoms with Gasteiger partial charge in [-0.3, -0.25) is 0 Å². The third-order valence-electron chi connectivity index (χ3n) is 2.26. The van der Waals surface area contributed by atoms with E-state index in [9.17, 15) is 0 Å². The van der Waals surface area contributed by atoms with Crippen LogP contribution in [0.3, 0.4) is 0 Å². The monoisotopic (exact) mass is 219 g/mol. The van der Waals surface area contributed by atoms with Crippen LogP contribution in [0.4, 0.5) is 11.6 Å². The van der Waals surface area contributed by atoms with E-state index in [1.165, 1.54) is 0 Å². The standard InChI is InChI=1S/C11H17N5/c1-4-16(5-2)11-8-10(13-7-6-12)14-9(3)15-11/h8H,4-5,7H2,1-3H3,(H,13,14,15). The van der Waals surface area contributed by atoms with Gasteiger partial charge in [-0.15, -0.1) is 0 Å². The first-order chi connectivity index (χ1) is 7.71. The van der Waals surface area contributed by atoms with Crippen molar-refractivity contribution in [3.63, 3.8) is 0 Å². The summed E-state index contributed by atoms with van der Waals surface area (Å²) in [4.78, 5) is 10.7. The summed E-state index contributed by atoms with van der Waals surface area (Å²) in [5.74, 6) is 2.32. The number of hydrogen-bond acceptors (Lipinski definition) is 5. The molecule has 0 aliphatic rings. The van der Waals surface area contributed by atoms with E-state index in [1.54, 1.807) is 0 Å². The van der Waals surface area contributed by atoms with Gasteiger partial charge in [-0.2, -0.15) is 5.26 Å². The average molecular weight is 219 g/mol. The van der Waals surface area contributed by atoms with Crippen LogP contribution in [0.5, 0.6) is 0 Å². The number of anilines is 2. The summed E-state index contributed by atoms with van der Waals surface area (Å²) in [5.41, 5.74) is 0. The van der Waals surface area contributed by atoms with Gasteiger partial charge in [-0.1, -0.05) is 0 Å². The first kappa shape index (κ1) is 12.2. The maximum absolute atomic E-state index is 8.50. The van der Waals surface area contributed by atoms with Gasteiger partial charge >= 0.3 is 0 Å². The summed E-state index contributed by atoms with van der Waals surface area (Å²) in [7, 11) is 0. The van der Waals surface area contributed by atoms with Crippen LogP contribution < -0.4 is 10.2 Å². The zero-order valence-corrected chi connectivity index (χ0v) is 9.99. The summed E-state index contributed by atoms with van der Waals surface area (Å²) in [5, 5.41) is 11.4. The Morgan fingerprint density at radius 2 is 2.06 bits per heavy atom. The molecule has 86 valence electrons. The first-order valence-electron chi connectivity index (χ1n) is 5.42. The molecule has 0 aliphatic carbocycles. The molecule has 0 atom stereocenters. The second kappa shape index (κ2) is 5.91. The van der Waals surface area contributed by atoms with Crippen molar-refractivity contribution in [2.24, 2.45) is 0 Å². The zero-order chi connectivity index (χ0) is 12.0. The molecule has 0 radical (unpaired) electrons. The third-order valence-corrected chi connectivity index (χ3v) is 2.26. The smallest absolute Gasteiger partial charge is 0.134 e. The molecule has 1 rings (SSSR count). The molecule has 16 heavy (non-hydrogen) atoms. The quantitative estimate of drug-likeness (QED) is 0.761. The predicted octanol–water partition coefficient (Wildman–Crippen LogP) is 1.57. The van der Waals surface area contributed by atoms with Crippen molar-refractivity contribution in [2.45, 2.75) is 20.8 Å². The Balaban J connectivity index is 2.93. The molecular formula is C11H17N5. The van der Waals surface area contributed by atoms with Gasteiger partial charge in [0.1, 0.15) is 24.0 Å². The minimum absolute atomic E-state index is 0.258. The van der Waals surface area contributed by atoms with E-state index in [4.69, 9.17) is 5.26 Å². The van der Waals surface area contributed by atoms with E-state index in [1.807, 2.05) is 19.1 Å². The van der Waals surface area contributed by atoms with Crippen molar-refractivity contribution in [3.8, 4) is 6.07 Å². The normalized spacial score (nSPS) is 9.62. The lowest BCUT2D eigenvalue weighted by Crippen LogP contribution is -2.23. The molecule has 1 N–H and O–H groups in total. The Bertz CT molecular complexity index is 378. The van der Waals surface area contributed by atoms with E-state index < -0.39 is 0 Å². The molecule has 0 aromatic carbocycles. The van der Waals surface area contributed by atoms with Crippen molar-refractivity contribution >= 4 is 11.6 Å². The highest BCUT2D eigenvalue weighted by molar-refractivity contribution is 5.49. The van der Waals surface area contributed by atoms with Crippen LogP contribution in [-0.2, 0) is 0 Å². The number of aromatic nitrogens is 2. The number of rotatable bonds is 5. The van der Waals surface area contributed by atoms with Crippen LogP contribution in [-0.4, -0.2) is 29.6 Å². The van der Waals surface area contributed by atoms with E-state index in [0.29, 0.717) is 11.6 Å². The third kappa shape index (κ3) is 3.09. The van der Waals surface area contributed by atoms with Gasteiger partial charge in [-0.25, -0.2) is 9.97 Å². The highest BCUT2D eigenvalue weighted by atomic mass is 15.2. The number of nitrogens with zero attached hydrogens (tertiary/aromatic N) is 4. The van der Waals surface area contributed by atoms with Crippen molar-refractivity contribution in [2.75, 3.05) is 29.9 Å². The van der Waals surface area contributed by atoms with E-state index >= 15 is 0 Å². The maximum Gasteiger partial charge on any atom is 0.134 e. The van der Waals surface area contributed by atoms with Crippen molar-refractivity contribution in [3.05, 3.63) is 11.9 Å². The fourth-order valence-corrected chi connectivity index (χ4v) is 1.48. The summed E-state index contributed by atoms with van der Waals surface area (Å²) >= 11 is 0. The van der Waals surface area contributed by atoms with E-state index in [-0.39, 0.29) is 6.54 Å². The second-order valence-corrected chi connectivity index (χ2v) is 3.34. The van der Waals surface area contributed by atoms with Crippen LogP contribution in [0.15, 0.2) is 6.07 Å². The van der Waals surface area contributed by atoms with Gasteiger partial charge in [0.15, 0.2) is 0 Å². The molecule has 0 aliphatic heterocycles. The van der Waals surface area contributed by atoms with Crippen LogP contribution in [0.25, 0.3) is 0 Å². The maximum atomic E-state index is 8.50. The molecule has 1 aromatic heterocycles. The second-order valence-electron chi connectivity index (χ2n) is 3.34. The number of nitrogens with one attached hydrogen (secondary N) is 1. The minimum atomic E-state index is 0.258. The Morgan fingerprint density at radius 3 is 2.62 bits per heavy atom. The van der Waals surface area contributed by atoms with Crippen molar-refractivity contribution in [1.82, 2.24) is 9.97 Å². The largest absolute Gasteiger partial charge is 0.357 e. The minimum Gasteiger partial charge on any atom is -0.357 e. The molecule has 0 saturated heterocycles. The van der Waals surface area contributed by atoms with Gasteiger partial charge < -0.3 is 10.2 Å². The SMILES string of the molecule is CCN(CC)c1cc(NCC#N)nc(C)n1. The first-order valence-corrected chi connectivity index (χ1v) is 5.42. The topological polar surface area (TPSA) is 64.8 Å². The molecule has 0 bridgehead atoms. The highest BCUT2D eigenvalue weighted by Gasteiger charge is 2.06. The molecule has 0 amide bonds. The molecule has 0 fully saturated rings. The van der Waals surface area contributed by atoms with Crippen LogP contribution in [0, 0.1) is 18.3 Å². The fourth-order valence-electron chi connectivity index (χ4n) is 1.48. The molecule has 1 heterocycles.